The number of fused-ring (bicyclic) bond motifs is 1. The molecular weight excluding hydrogens is 298 g/mol. The monoisotopic (exact) mass is 308 g/mol. The maximum absolute atomic E-state index is 13.4. The summed E-state index contributed by atoms with van der Waals surface area (Å²) in [6, 6.07) is 3.84. The Kier molecular flexibility index (Phi) is 3.21. The van der Waals surface area contributed by atoms with Crippen LogP contribution >= 0.6 is 11.3 Å². The van der Waals surface area contributed by atoms with Gasteiger partial charge in [0.1, 0.15) is 6.54 Å². The highest BCUT2D eigenvalue weighted by atomic mass is 32.1. The van der Waals surface area contributed by atoms with Gasteiger partial charge < -0.3 is 9.67 Å². The molecule has 0 amide bonds. The number of rotatable bonds is 3. The summed E-state index contributed by atoms with van der Waals surface area (Å²) >= 11 is 1.40. The van der Waals surface area contributed by atoms with Crippen molar-refractivity contribution in [2.24, 2.45) is 0 Å². The molecule has 0 aliphatic carbocycles. The van der Waals surface area contributed by atoms with Crippen molar-refractivity contribution >= 4 is 28.3 Å². The van der Waals surface area contributed by atoms with Gasteiger partial charge in [-0.1, -0.05) is 0 Å². The summed E-state index contributed by atoms with van der Waals surface area (Å²) in [5.41, 5.74) is 1.43. The number of carboxylic acids is 1. The van der Waals surface area contributed by atoms with Gasteiger partial charge in [-0.25, -0.2) is 13.8 Å². The summed E-state index contributed by atoms with van der Waals surface area (Å²) in [6.45, 7) is 1.51. The van der Waals surface area contributed by atoms with Crippen LogP contribution in [0, 0.1) is 18.6 Å². The number of aromatic nitrogens is 2. The van der Waals surface area contributed by atoms with Gasteiger partial charge in [-0.2, -0.15) is 0 Å². The zero-order valence-corrected chi connectivity index (χ0v) is 11.7. The molecule has 108 valence electrons. The number of imidazole rings is 1. The Labute approximate surface area is 122 Å². The first-order valence-electron chi connectivity index (χ1n) is 6.09. The average molecular weight is 308 g/mol. The Morgan fingerprint density at radius 2 is 2.10 bits per heavy atom. The molecule has 0 unspecified atom stereocenters. The summed E-state index contributed by atoms with van der Waals surface area (Å²) < 4.78 is 28.2. The van der Waals surface area contributed by atoms with Crippen LogP contribution in [0.2, 0.25) is 0 Å². The van der Waals surface area contributed by atoms with E-state index in [0.717, 1.165) is 22.6 Å². The van der Waals surface area contributed by atoms with Gasteiger partial charge in [-0.3, -0.25) is 4.79 Å². The Balaban J connectivity index is 2.33. The Morgan fingerprint density at radius 3 is 2.71 bits per heavy atom. The van der Waals surface area contributed by atoms with Crippen molar-refractivity contribution in [3.63, 3.8) is 0 Å². The van der Waals surface area contributed by atoms with E-state index in [1.165, 1.54) is 15.9 Å². The molecule has 2 heterocycles. The summed E-state index contributed by atoms with van der Waals surface area (Å²) in [4.78, 5) is 16.1. The Morgan fingerprint density at radius 1 is 1.38 bits per heavy atom. The molecule has 0 aliphatic rings. The van der Waals surface area contributed by atoms with Crippen LogP contribution < -0.4 is 0 Å². The number of aryl methyl sites for hydroxylation is 1. The van der Waals surface area contributed by atoms with Gasteiger partial charge in [0.25, 0.3) is 0 Å². The molecule has 2 aromatic heterocycles. The lowest BCUT2D eigenvalue weighted by atomic mass is 10.3. The lowest BCUT2D eigenvalue weighted by Gasteiger charge is -2.05. The predicted octanol–water partition coefficient (Wildman–Crippen LogP) is 3.44. The first kappa shape index (κ1) is 13.7. The molecule has 0 fully saturated rings. The lowest BCUT2D eigenvalue weighted by Crippen LogP contribution is -2.10. The molecule has 0 atom stereocenters. The number of nitrogens with zero attached hydrogens (tertiary/aromatic N) is 2. The standard InChI is InChI=1S/C14H10F2N2O2S/c1-7-2-3-21-13(7)14-17-10-4-8(15)9(16)5-11(10)18(14)6-12(19)20/h2-5H,6H2,1H3,(H,19,20). The molecule has 0 saturated heterocycles. The van der Waals surface area contributed by atoms with Gasteiger partial charge >= 0.3 is 5.97 Å². The number of hydrogen-bond acceptors (Lipinski definition) is 3. The van der Waals surface area contributed by atoms with Crippen LogP contribution in [0.3, 0.4) is 0 Å². The van der Waals surface area contributed by atoms with Gasteiger partial charge in [-0.05, 0) is 23.9 Å². The second kappa shape index (κ2) is 4.92. The predicted molar refractivity (Wildman–Crippen MR) is 75.3 cm³/mol. The molecule has 7 heteroatoms. The second-order valence-electron chi connectivity index (χ2n) is 4.60. The highest BCUT2D eigenvalue weighted by Crippen LogP contribution is 2.32. The first-order chi connectivity index (χ1) is 9.97. The highest BCUT2D eigenvalue weighted by Gasteiger charge is 2.19. The number of carboxylic acid groups (broad SMARTS) is 1. The van der Waals surface area contributed by atoms with E-state index in [1.54, 1.807) is 0 Å². The fraction of sp³-hybridized carbons (Fsp3) is 0.143. The van der Waals surface area contributed by atoms with E-state index in [-0.39, 0.29) is 17.6 Å². The van der Waals surface area contributed by atoms with E-state index in [4.69, 9.17) is 5.11 Å². The normalized spacial score (nSPS) is 11.2. The fourth-order valence-corrected chi connectivity index (χ4v) is 3.11. The number of aliphatic carboxylic acids is 1. The van der Waals surface area contributed by atoms with Crippen LogP contribution in [0.25, 0.3) is 21.7 Å². The maximum atomic E-state index is 13.4. The third-order valence-electron chi connectivity index (χ3n) is 3.15. The molecular formula is C14H10F2N2O2S. The molecule has 3 rings (SSSR count). The second-order valence-corrected chi connectivity index (χ2v) is 5.52. The van der Waals surface area contributed by atoms with Gasteiger partial charge in [0.05, 0.1) is 15.9 Å². The summed E-state index contributed by atoms with van der Waals surface area (Å²) in [5, 5.41) is 10.9. The van der Waals surface area contributed by atoms with Crippen LogP contribution in [0.5, 0.6) is 0 Å². The maximum Gasteiger partial charge on any atom is 0.323 e. The van der Waals surface area contributed by atoms with E-state index in [2.05, 4.69) is 4.98 Å². The van der Waals surface area contributed by atoms with Gasteiger partial charge in [0.15, 0.2) is 17.5 Å². The smallest absolute Gasteiger partial charge is 0.323 e. The van der Waals surface area contributed by atoms with Crippen molar-refractivity contribution in [2.75, 3.05) is 0 Å². The zero-order valence-electron chi connectivity index (χ0n) is 10.9. The largest absolute Gasteiger partial charge is 0.480 e. The number of benzene rings is 1. The number of thiophene rings is 1. The van der Waals surface area contributed by atoms with Gasteiger partial charge in [0, 0.05) is 12.1 Å². The fourth-order valence-electron chi connectivity index (χ4n) is 2.19. The third kappa shape index (κ3) is 2.29. The first-order valence-corrected chi connectivity index (χ1v) is 6.97. The van der Waals surface area contributed by atoms with E-state index in [1.807, 2.05) is 18.4 Å². The molecule has 0 bridgehead atoms. The van der Waals surface area contributed by atoms with Crippen LogP contribution in [-0.2, 0) is 11.3 Å². The van der Waals surface area contributed by atoms with Gasteiger partial charge in [-0.15, -0.1) is 11.3 Å². The van der Waals surface area contributed by atoms with Crippen molar-refractivity contribution in [1.29, 1.82) is 0 Å². The molecule has 0 aliphatic heterocycles. The van der Waals surface area contributed by atoms with Crippen LogP contribution in [0.15, 0.2) is 23.6 Å². The van der Waals surface area contributed by atoms with Crippen LogP contribution in [-0.4, -0.2) is 20.6 Å². The molecule has 1 aromatic carbocycles. The molecule has 0 saturated carbocycles. The van der Waals surface area contributed by atoms with E-state index in [9.17, 15) is 13.6 Å². The van der Waals surface area contributed by atoms with E-state index >= 15 is 0 Å². The third-order valence-corrected chi connectivity index (χ3v) is 4.16. The van der Waals surface area contributed by atoms with Crippen molar-refractivity contribution in [2.45, 2.75) is 13.5 Å². The SMILES string of the molecule is Cc1ccsc1-c1nc2cc(F)c(F)cc2n1CC(=O)O. The van der Waals surface area contributed by atoms with E-state index in [0.29, 0.717) is 5.82 Å². The summed E-state index contributed by atoms with van der Waals surface area (Å²) in [6.07, 6.45) is 0. The van der Waals surface area contributed by atoms with Crippen LogP contribution in [0.1, 0.15) is 5.56 Å². The number of hydrogen-bond donors (Lipinski definition) is 1. The quantitative estimate of drug-likeness (QED) is 0.806. The minimum Gasteiger partial charge on any atom is -0.480 e. The molecule has 21 heavy (non-hydrogen) atoms. The molecule has 4 nitrogen and oxygen atoms in total. The summed E-state index contributed by atoms with van der Waals surface area (Å²) in [7, 11) is 0. The number of carbonyl (C=O) groups is 1. The Hall–Kier alpha value is -2.28. The molecule has 0 radical (unpaired) electrons. The lowest BCUT2D eigenvalue weighted by molar-refractivity contribution is -0.137. The summed E-state index contributed by atoms with van der Waals surface area (Å²) in [5.74, 6) is -2.69. The molecule has 1 N–H and O–H groups in total. The van der Waals surface area contributed by atoms with Gasteiger partial charge in [0.2, 0.25) is 0 Å². The van der Waals surface area contributed by atoms with Crippen molar-refractivity contribution in [3.8, 4) is 10.7 Å². The average Bonchev–Trinajstić information content (AvgIpc) is 2.95. The Bertz CT molecular complexity index is 854. The topological polar surface area (TPSA) is 55.1 Å². The van der Waals surface area contributed by atoms with Crippen molar-refractivity contribution < 1.29 is 18.7 Å². The molecule has 0 spiro atoms. The molecule has 3 aromatic rings. The van der Waals surface area contributed by atoms with Crippen molar-refractivity contribution in [3.05, 3.63) is 40.8 Å². The van der Waals surface area contributed by atoms with E-state index < -0.39 is 17.6 Å². The minimum atomic E-state index is -1.07. The number of halogens is 2. The minimum absolute atomic E-state index is 0.234. The van der Waals surface area contributed by atoms with Crippen LogP contribution in [0.4, 0.5) is 8.78 Å². The van der Waals surface area contributed by atoms with Crippen molar-refractivity contribution in [1.82, 2.24) is 9.55 Å². The highest BCUT2D eigenvalue weighted by molar-refractivity contribution is 7.13. The zero-order chi connectivity index (χ0) is 15.1.